The molecule has 0 fully saturated rings. The third-order valence-electron chi connectivity index (χ3n) is 1.97. The fourth-order valence-electron chi connectivity index (χ4n) is 1.32. The molecule has 1 rings (SSSR count). The summed E-state index contributed by atoms with van der Waals surface area (Å²) in [7, 11) is 0. The fourth-order valence-corrected chi connectivity index (χ4v) is 1.32. The number of nitrogen functional groups attached to an aromatic ring is 1. The molecule has 1 aromatic heterocycles. The summed E-state index contributed by atoms with van der Waals surface area (Å²) in [5.74, 6) is 5.28. The maximum absolute atomic E-state index is 10.8. The molecule has 0 aliphatic carbocycles. The molecule has 0 spiro atoms. The molecule has 0 saturated carbocycles. The summed E-state index contributed by atoms with van der Waals surface area (Å²) in [6, 6.07) is -0.0656. The molecule has 1 amide bonds. The number of carbonyl (C=O) groups is 1. The zero-order valence-electron chi connectivity index (χ0n) is 11.2. The molecule has 0 aromatic carbocycles. The number of primary amides is 1. The first-order chi connectivity index (χ1) is 8.90. The highest BCUT2D eigenvalue weighted by Crippen LogP contribution is 2.13. The number of aromatic nitrogens is 3. The summed E-state index contributed by atoms with van der Waals surface area (Å²) in [6.45, 7) is 5.48. The Morgan fingerprint density at radius 1 is 1.26 bits per heavy atom. The third kappa shape index (κ3) is 5.34. The van der Waals surface area contributed by atoms with Gasteiger partial charge in [-0.05, 0) is 20.8 Å². The minimum Gasteiger partial charge on any atom is -0.461 e. The van der Waals surface area contributed by atoms with E-state index < -0.39 is 5.91 Å². The lowest BCUT2D eigenvalue weighted by atomic mass is 10.2. The summed E-state index contributed by atoms with van der Waals surface area (Å²) in [5.41, 5.74) is 7.43. The highest BCUT2D eigenvalue weighted by atomic mass is 16.5. The smallest absolute Gasteiger partial charge is 0.323 e. The fraction of sp³-hybridized carbons (Fsp3) is 0.600. The van der Waals surface area contributed by atoms with E-state index in [4.69, 9.17) is 16.3 Å². The largest absolute Gasteiger partial charge is 0.461 e. The Morgan fingerprint density at radius 3 is 2.42 bits per heavy atom. The van der Waals surface area contributed by atoms with Crippen LogP contribution in [-0.2, 0) is 4.79 Å². The van der Waals surface area contributed by atoms with Crippen LogP contribution in [0, 0.1) is 0 Å². The highest BCUT2D eigenvalue weighted by molar-refractivity contribution is 5.74. The maximum Gasteiger partial charge on any atom is 0.323 e. The molecular formula is C10H19N7O2. The van der Waals surface area contributed by atoms with Gasteiger partial charge in [-0.3, -0.25) is 10.2 Å². The molecule has 19 heavy (non-hydrogen) atoms. The number of nitrogens with zero attached hydrogens (tertiary/aromatic N) is 3. The minimum absolute atomic E-state index is 0.0797. The molecule has 0 radical (unpaired) electrons. The van der Waals surface area contributed by atoms with Crippen LogP contribution < -0.4 is 27.1 Å². The number of nitrogens with two attached hydrogens (primary N) is 2. The number of carbonyl (C=O) groups excluding carboxylic acids is 1. The van der Waals surface area contributed by atoms with Crippen molar-refractivity contribution in [3.8, 4) is 6.01 Å². The van der Waals surface area contributed by atoms with E-state index in [0.717, 1.165) is 0 Å². The van der Waals surface area contributed by atoms with Gasteiger partial charge < -0.3 is 15.8 Å². The van der Waals surface area contributed by atoms with Crippen LogP contribution in [0.15, 0.2) is 0 Å². The Kier molecular flexibility index (Phi) is 5.24. The molecular weight excluding hydrogens is 250 g/mol. The van der Waals surface area contributed by atoms with Gasteiger partial charge in [0.1, 0.15) is 0 Å². The Bertz CT molecular complexity index is 438. The average molecular weight is 269 g/mol. The molecule has 0 aliphatic heterocycles. The van der Waals surface area contributed by atoms with E-state index in [1.165, 1.54) is 0 Å². The summed E-state index contributed by atoms with van der Waals surface area (Å²) < 4.78 is 5.37. The van der Waals surface area contributed by atoms with Gasteiger partial charge in [0.25, 0.3) is 0 Å². The van der Waals surface area contributed by atoms with Crippen molar-refractivity contribution in [1.82, 2.24) is 15.0 Å². The van der Waals surface area contributed by atoms with Crippen LogP contribution in [0.1, 0.15) is 27.2 Å². The van der Waals surface area contributed by atoms with Crippen LogP contribution in [0.4, 0.5) is 11.9 Å². The van der Waals surface area contributed by atoms with E-state index in [1.807, 2.05) is 13.8 Å². The molecule has 1 unspecified atom stereocenters. The highest BCUT2D eigenvalue weighted by Gasteiger charge is 2.12. The van der Waals surface area contributed by atoms with Crippen LogP contribution >= 0.6 is 0 Å². The standard InChI is InChI=1S/C10H19N7O2/c1-5(2)19-10-15-8(14-9(16-10)17-12)13-6(3)4-7(11)18/h5-6H,4,12H2,1-3H3,(H2,11,18)(H2,13,14,15,16,17). The Morgan fingerprint density at radius 2 is 1.89 bits per heavy atom. The molecule has 9 nitrogen and oxygen atoms in total. The van der Waals surface area contributed by atoms with Crippen molar-refractivity contribution in [2.75, 3.05) is 10.7 Å². The summed E-state index contributed by atoms with van der Waals surface area (Å²) in [5, 5.41) is 2.92. The average Bonchev–Trinajstić information content (AvgIpc) is 2.26. The van der Waals surface area contributed by atoms with E-state index in [2.05, 4.69) is 25.7 Å². The number of hydrazine groups is 1. The van der Waals surface area contributed by atoms with Crippen LogP contribution in [0.2, 0.25) is 0 Å². The predicted molar refractivity (Wildman–Crippen MR) is 70.3 cm³/mol. The van der Waals surface area contributed by atoms with Crippen molar-refractivity contribution >= 4 is 17.8 Å². The molecule has 1 atom stereocenters. The second-order valence-electron chi connectivity index (χ2n) is 4.29. The van der Waals surface area contributed by atoms with Crippen LogP contribution in [0.5, 0.6) is 6.01 Å². The zero-order valence-corrected chi connectivity index (χ0v) is 11.2. The van der Waals surface area contributed by atoms with Crippen LogP contribution in [0.3, 0.4) is 0 Å². The predicted octanol–water partition coefficient (Wildman–Crippen LogP) is -0.380. The van der Waals surface area contributed by atoms with Crippen molar-refractivity contribution in [2.45, 2.75) is 39.3 Å². The molecule has 1 aromatic rings. The lowest BCUT2D eigenvalue weighted by Crippen LogP contribution is -2.25. The lowest BCUT2D eigenvalue weighted by Gasteiger charge is -2.14. The van der Waals surface area contributed by atoms with E-state index in [-0.39, 0.29) is 36.5 Å². The molecule has 0 saturated heterocycles. The topological polar surface area (TPSA) is 141 Å². The second kappa shape index (κ2) is 6.69. The van der Waals surface area contributed by atoms with Gasteiger partial charge in [0.2, 0.25) is 17.8 Å². The van der Waals surface area contributed by atoms with Gasteiger partial charge in [0.15, 0.2) is 0 Å². The minimum atomic E-state index is -0.412. The summed E-state index contributed by atoms with van der Waals surface area (Å²) in [4.78, 5) is 22.8. The molecule has 9 heteroatoms. The Labute approximate surface area is 111 Å². The van der Waals surface area contributed by atoms with E-state index in [1.54, 1.807) is 6.92 Å². The normalized spacial score (nSPS) is 12.1. The Hall–Kier alpha value is -2.16. The quantitative estimate of drug-likeness (QED) is 0.387. The van der Waals surface area contributed by atoms with E-state index in [0.29, 0.717) is 0 Å². The molecule has 0 aliphatic rings. The van der Waals surface area contributed by atoms with E-state index in [9.17, 15) is 4.79 Å². The summed E-state index contributed by atoms with van der Waals surface area (Å²) in [6.07, 6.45) is 0.0844. The first kappa shape index (κ1) is 14.9. The molecule has 6 N–H and O–H groups in total. The lowest BCUT2D eigenvalue weighted by molar-refractivity contribution is -0.118. The monoisotopic (exact) mass is 269 g/mol. The van der Waals surface area contributed by atoms with Crippen molar-refractivity contribution in [2.24, 2.45) is 11.6 Å². The number of ether oxygens (including phenoxy) is 1. The number of anilines is 2. The molecule has 0 bridgehead atoms. The van der Waals surface area contributed by atoms with Gasteiger partial charge in [-0.2, -0.15) is 15.0 Å². The van der Waals surface area contributed by atoms with Crippen molar-refractivity contribution in [3.63, 3.8) is 0 Å². The van der Waals surface area contributed by atoms with Crippen LogP contribution in [-0.4, -0.2) is 33.0 Å². The molecule has 106 valence electrons. The Balaban J connectivity index is 2.84. The summed E-state index contributed by atoms with van der Waals surface area (Å²) >= 11 is 0. The van der Waals surface area contributed by atoms with E-state index >= 15 is 0 Å². The first-order valence-corrected chi connectivity index (χ1v) is 5.85. The molecule has 1 heterocycles. The van der Waals surface area contributed by atoms with Gasteiger partial charge in [0, 0.05) is 12.5 Å². The van der Waals surface area contributed by atoms with Gasteiger partial charge >= 0.3 is 6.01 Å². The number of hydrogen-bond acceptors (Lipinski definition) is 8. The van der Waals surface area contributed by atoms with Crippen molar-refractivity contribution < 1.29 is 9.53 Å². The van der Waals surface area contributed by atoms with Crippen molar-refractivity contribution in [1.29, 1.82) is 0 Å². The number of nitrogens with one attached hydrogen (secondary N) is 2. The number of rotatable bonds is 7. The maximum atomic E-state index is 10.8. The van der Waals surface area contributed by atoms with Gasteiger partial charge in [0.05, 0.1) is 6.10 Å². The van der Waals surface area contributed by atoms with Crippen molar-refractivity contribution in [3.05, 3.63) is 0 Å². The van der Waals surface area contributed by atoms with Crippen LogP contribution in [0.25, 0.3) is 0 Å². The zero-order chi connectivity index (χ0) is 14.4. The third-order valence-corrected chi connectivity index (χ3v) is 1.97. The second-order valence-corrected chi connectivity index (χ2v) is 4.29. The van der Waals surface area contributed by atoms with Gasteiger partial charge in [-0.15, -0.1) is 0 Å². The first-order valence-electron chi connectivity index (χ1n) is 5.85. The SMILES string of the molecule is CC(CC(N)=O)Nc1nc(NN)nc(OC(C)C)n1. The number of amides is 1. The van der Waals surface area contributed by atoms with Gasteiger partial charge in [-0.1, -0.05) is 0 Å². The number of hydrogen-bond donors (Lipinski definition) is 4. The van der Waals surface area contributed by atoms with Gasteiger partial charge in [-0.25, -0.2) is 5.84 Å².